The zero-order chi connectivity index (χ0) is 46.8. The monoisotopic (exact) mass is 881 g/mol. The fraction of sp³-hybridized carbons (Fsp3) is 0.490. The summed E-state index contributed by atoms with van der Waals surface area (Å²) in [5.74, 6) is -2.50. The highest BCUT2D eigenvalue weighted by atomic mass is 16.6. The first-order valence-corrected chi connectivity index (χ1v) is 22.1. The van der Waals surface area contributed by atoms with Gasteiger partial charge in [-0.25, -0.2) is 4.79 Å². The number of rotatable bonds is 15. The number of ketones is 1. The van der Waals surface area contributed by atoms with Gasteiger partial charge in [-0.05, 0) is 75.4 Å². The quantitative estimate of drug-likeness (QED) is 0.0857. The van der Waals surface area contributed by atoms with Crippen LogP contribution in [0.5, 0.6) is 0 Å². The van der Waals surface area contributed by atoms with Crippen LogP contribution in [0.2, 0.25) is 0 Å². The first-order valence-electron chi connectivity index (χ1n) is 22.1. The standard InChI is InChI=1S/C38H45NO6.C13H18O6/c1-7-14-33(45-36(42)30-17-12-9-13-18-30)38(43)24-32(26(3)27(4)37(38,5)6)44-34(40)23-31(28-15-10-8-11-16-28)39-35(41)29-21-19-25(2)20-22-29;1-8(14)17-6-11(16)10-3-4-12-13(5-10,7-18-12)19-9(2)15/h8-13,15-22,31-33,43H,7,14,23-24H2,1-6H3,(H,39,41);10,12H,3-7H2,1-2H3/t31-,32+,33+,38-;10?,12-,13+/m11/s1. The average Bonchev–Trinajstić information content (AvgIpc) is 3.25. The second-order valence-corrected chi connectivity index (χ2v) is 17.8. The number of ether oxygens (including phenoxy) is 5. The fourth-order valence-electron chi connectivity index (χ4n) is 8.88. The lowest BCUT2D eigenvalue weighted by molar-refractivity contribution is -0.270. The third-order valence-electron chi connectivity index (χ3n) is 13.1. The van der Waals surface area contributed by atoms with Crippen LogP contribution in [-0.4, -0.2) is 83.4 Å². The highest BCUT2D eigenvalue weighted by Crippen LogP contribution is 2.51. The van der Waals surface area contributed by atoms with Gasteiger partial charge in [0.15, 0.2) is 11.4 Å². The number of esters is 4. The lowest BCUT2D eigenvalue weighted by Gasteiger charge is -2.52. The molecule has 1 amide bonds. The van der Waals surface area contributed by atoms with Crippen LogP contribution in [-0.2, 0) is 42.9 Å². The lowest BCUT2D eigenvalue weighted by atomic mass is 9.59. The van der Waals surface area contributed by atoms with Crippen LogP contribution in [0.25, 0.3) is 0 Å². The minimum atomic E-state index is -1.51. The summed E-state index contributed by atoms with van der Waals surface area (Å²) in [6.45, 7) is 14.4. The van der Waals surface area contributed by atoms with E-state index in [1.54, 1.807) is 36.4 Å². The summed E-state index contributed by atoms with van der Waals surface area (Å²) in [4.78, 5) is 73.7. The lowest BCUT2D eigenvalue weighted by Crippen LogP contribution is -2.64. The van der Waals surface area contributed by atoms with Gasteiger partial charge >= 0.3 is 23.9 Å². The van der Waals surface area contributed by atoms with Gasteiger partial charge < -0.3 is 34.1 Å². The SMILES string of the molecule is CC(=O)OCC(=O)C1CC[C@H]2OC[C@@]2(OC(C)=O)C1.CCC[C@H](OC(=O)c1ccccc1)[C@]1(O)C[C@H](OC(=O)C[C@@H](NC(=O)c2ccc(C)cc2)c2ccccc2)C(C)=C(C)C1(C)C. The molecule has 1 unspecified atom stereocenters. The number of amides is 1. The molecule has 1 saturated carbocycles. The van der Waals surface area contributed by atoms with Crippen molar-refractivity contribution in [2.75, 3.05) is 13.2 Å². The number of fused-ring (bicyclic) bond motifs is 1. The normalized spacial score (nSPS) is 24.2. The van der Waals surface area contributed by atoms with Gasteiger partial charge in [0.05, 0.1) is 30.7 Å². The van der Waals surface area contributed by atoms with Gasteiger partial charge in [0, 0.05) is 43.6 Å². The first-order chi connectivity index (χ1) is 30.3. The summed E-state index contributed by atoms with van der Waals surface area (Å²) >= 11 is 0. The molecule has 7 atom stereocenters. The van der Waals surface area contributed by atoms with Crippen molar-refractivity contribution in [1.29, 1.82) is 0 Å². The predicted molar refractivity (Wildman–Crippen MR) is 238 cm³/mol. The Labute approximate surface area is 376 Å². The van der Waals surface area contributed by atoms with Crippen molar-refractivity contribution >= 4 is 35.6 Å². The van der Waals surface area contributed by atoms with Crippen LogP contribution in [0.3, 0.4) is 0 Å². The largest absolute Gasteiger partial charge is 0.458 e. The van der Waals surface area contributed by atoms with Gasteiger partial charge in [-0.2, -0.15) is 0 Å². The summed E-state index contributed by atoms with van der Waals surface area (Å²) in [5.41, 5.74) is 1.50. The topological polar surface area (TPSA) is 181 Å². The summed E-state index contributed by atoms with van der Waals surface area (Å²) in [5, 5.41) is 15.4. The van der Waals surface area contributed by atoms with Crippen LogP contribution in [0, 0.1) is 18.3 Å². The maximum absolute atomic E-state index is 13.6. The highest BCUT2D eigenvalue weighted by Gasteiger charge is 2.57. The summed E-state index contributed by atoms with van der Waals surface area (Å²) in [7, 11) is 0. The molecule has 0 aromatic heterocycles. The van der Waals surface area contributed by atoms with E-state index in [0.29, 0.717) is 49.8 Å². The Kier molecular flexibility index (Phi) is 16.5. The molecule has 13 heteroatoms. The highest BCUT2D eigenvalue weighted by molar-refractivity contribution is 5.94. The molecular formula is C51H63NO12. The maximum atomic E-state index is 13.6. The molecule has 1 heterocycles. The fourth-order valence-corrected chi connectivity index (χ4v) is 8.88. The van der Waals surface area contributed by atoms with Crippen LogP contribution in [0.15, 0.2) is 96.1 Å². The second kappa shape index (κ2) is 21.3. The number of Topliss-reactive ketones (excluding diaryl/α,β-unsaturated/α-hetero) is 1. The van der Waals surface area contributed by atoms with Crippen molar-refractivity contribution in [3.8, 4) is 0 Å². The summed E-state index contributed by atoms with van der Waals surface area (Å²) in [6, 6.07) is 24.6. The van der Waals surface area contributed by atoms with Crippen molar-refractivity contribution < 1.29 is 57.6 Å². The number of aryl methyl sites for hydroxylation is 1. The molecule has 2 N–H and O–H groups in total. The Bertz CT molecular complexity index is 2170. The van der Waals surface area contributed by atoms with Crippen molar-refractivity contribution in [3.63, 3.8) is 0 Å². The predicted octanol–water partition coefficient (Wildman–Crippen LogP) is 7.91. The van der Waals surface area contributed by atoms with Crippen LogP contribution in [0.1, 0.15) is 131 Å². The molecule has 3 aromatic rings. The molecule has 344 valence electrons. The van der Waals surface area contributed by atoms with E-state index in [1.807, 2.05) is 90.1 Å². The number of nitrogens with one attached hydrogen (secondary N) is 1. The zero-order valence-electron chi connectivity index (χ0n) is 38.3. The van der Waals surface area contributed by atoms with E-state index in [2.05, 4.69) is 5.32 Å². The maximum Gasteiger partial charge on any atom is 0.338 e. The number of carbonyl (C=O) groups excluding carboxylic acids is 6. The molecule has 6 rings (SSSR count). The molecule has 2 aliphatic carbocycles. The second-order valence-electron chi connectivity index (χ2n) is 17.8. The number of hydrogen-bond acceptors (Lipinski definition) is 12. The van der Waals surface area contributed by atoms with Crippen molar-refractivity contribution in [2.45, 2.75) is 136 Å². The van der Waals surface area contributed by atoms with Gasteiger partial charge in [0.25, 0.3) is 5.91 Å². The van der Waals surface area contributed by atoms with E-state index in [4.69, 9.17) is 23.7 Å². The average molecular weight is 882 g/mol. The van der Waals surface area contributed by atoms with Crippen molar-refractivity contribution in [3.05, 3.63) is 118 Å². The molecule has 1 saturated heterocycles. The Balaban J connectivity index is 0.000000337. The Morgan fingerprint density at radius 1 is 0.828 bits per heavy atom. The molecule has 64 heavy (non-hydrogen) atoms. The van der Waals surface area contributed by atoms with E-state index in [0.717, 1.165) is 22.3 Å². The Morgan fingerprint density at radius 2 is 1.47 bits per heavy atom. The number of benzene rings is 3. The summed E-state index contributed by atoms with van der Waals surface area (Å²) in [6.07, 6.45) is 1.21. The summed E-state index contributed by atoms with van der Waals surface area (Å²) < 4.78 is 27.6. The molecule has 0 bridgehead atoms. The number of carbonyl (C=O) groups is 6. The Hall–Kier alpha value is -5.66. The van der Waals surface area contributed by atoms with E-state index in [1.165, 1.54) is 13.8 Å². The minimum absolute atomic E-state index is 0.0629. The van der Waals surface area contributed by atoms with E-state index >= 15 is 0 Å². The molecule has 0 radical (unpaired) electrons. The molecule has 1 aliphatic heterocycles. The van der Waals surface area contributed by atoms with Gasteiger partial charge in [-0.1, -0.05) is 99.0 Å². The van der Waals surface area contributed by atoms with Crippen molar-refractivity contribution in [2.24, 2.45) is 11.3 Å². The molecule has 2 fully saturated rings. The smallest absolute Gasteiger partial charge is 0.338 e. The van der Waals surface area contributed by atoms with Crippen molar-refractivity contribution in [1.82, 2.24) is 5.32 Å². The molecule has 3 aromatic carbocycles. The molecule has 0 spiro atoms. The van der Waals surface area contributed by atoms with Gasteiger partial charge in [0.1, 0.15) is 24.4 Å². The Morgan fingerprint density at radius 3 is 2.05 bits per heavy atom. The first kappa shape index (κ1) is 49.4. The third kappa shape index (κ3) is 11.7. The molecule has 3 aliphatic rings. The van der Waals surface area contributed by atoms with Gasteiger partial charge in [-0.15, -0.1) is 0 Å². The van der Waals surface area contributed by atoms with E-state index in [-0.39, 0.29) is 49.1 Å². The van der Waals surface area contributed by atoms with Crippen LogP contribution < -0.4 is 5.32 Å². The third-order valence-corrected chi connectivity index (χ3v) is 13.1. The zero-order valence-corrected chi connectivity index (χ0v) is 38.3. The van der Waals surface area contributed by atoms with Gasteiger partial charge in [-0.3, -0.25) is 24.0 Å². The molecular weight excluding hydrogens is 819 g/mol. The minimum Gasteiger partial charge on any atom is -0.458 e. The van der Waals surface area contributed by atoms with E-state index in [9.17, 15) is 33.9 Å². The molecule has 13 nitrogen and oxygen atoms in total. The number of hydrogen-bond donors (Lipinski definition) is 2. The van der Waals surface area contributed by atoms with Crippen LogP contribution >= 0.6 is 0 Å². The number of aliphatic hydroxyl groups is 1. The van der Waals surface area contributed by atoms with E-state index < -0.39 is 52.8 Å². The van der Waals surface area contributed by atoms with Crippen LogP contribution in [0.4, 0.5) is 0 Å². The van der Waals surface area contributed by atoms with Gasteiger partial charge in [0.2, 0.25) is 0 Å².